The van der Waals surface area contributed by atoms with Crippen LogP contribution in [0.15, 0.2) is 12.1 Å². The van der Waals surface area contributed by atoms with Crippen LogP contribution in [-0.2, 0) is 11.3 Å². The second-order valence-corrected chi connectivity index (χ2v) is 9.13. The zero-order valence-electron chi connectivity index (χ0n) is 20.1. The van der Waals surface area contributed by atoms with Gasteiger partial charge in [0.05, 0.1) is 18.8 Å². The molecule has 1 aliphatic heterocycles. The molecule has 1 unspecified atom stereocenters. The Labute approximate surface area is 211 Å². The predicted molar refractivity (Wildman–Crippen MR) is 129 cm³/mol. The molecule has 0 radical (unpaired) electrons. The summed E-state index contributed by atoms with van der Waals surface area (Å²) in [5, 5.41) is 15.3. The fourth-order valence-electron chi connectivity index (χ4n) is 3.64. The van der Waals surface area contributed by atoms with Crippen LogP contribution in [0.3, 0.4) is 0 Å². The number of rotatable bonds is 11. The second kappa shape index (κ2) is 13.3. The molecule has 1 atom stereocenters. The number of nitrogens with zero attached hydrogens (tertiary/aromatic N) is 2. The van der Waals surface area contributed by atoms with E-state index in [4.69, 9.17) is 9.47 Å². The maximum Gasteiger partial charge on any atom is 0.513 e. The van der Waals surface area contributed by atoms with Crippen LogP contribution in [0.1, 0.15) is 36.8 Å². The number of aryl methyl sites for hydroxylation is 1. The highest BCUT2D eigenvalue weighted by Crippen LogP contribution is 2.39. The molecule has 1 aromatic carbocycles. The summed E-state index contributed by atoms with van der Waals surface area (Å²) in [6.45, 7) is 4.17. The summed E-state index contributed by atoms with van der Waals surface area (Å²) in [5.41, 5.74) is 0.0851. The molecular formula is C23H30F2N4O6S. The molecule has 2 heterocycles. The van der Waals surface area contributed by atoms with Crippen molar-refractivity contribution in [3.05, 3.63) is 34.9 Å². The first-order valence-electron chi connectivity index (χ1n) is 11.5. The van der Waals surface area contributed by atoms with Gasteiger partial charge < -0.3 is 29.5 Å². The van der Waals surface area contributed by atoms with Gasteiger partial charge in [-0.3, -0.25) is 5.32 Å². The van der Waals surface area contributed by atoms with E-state index < -0.39 is 36.5 Å². The Kier molecular flexibility index (Phi) is 10.2. The molecule has 3 N–H and O–H groups in total. The fourth-order valence-corrected chi connectivity index (χ4v) is 4.30. The number of halogens is 2. The Balaban J connectivity index is 1.55. The fraction of sp³-hybridized carbons (Fsp3) is 0.522. The van der Waals surface area contributed by atoms with Crippen molar-refractivity contribution >= 4 is 28.7 Å². The molecule has 0 aliphatic carbocycles. The van der Waals surface area contributed by atoms with Crippen LogP contribution in [-0.4, -0.2) is 66.0 Å². The van der Waals surface area contributed by atoms with Gasteiger partial charge in [0.15, 0.2) is 5.00 Å². The van der Waals surface area contributed by atoms with Crippen molar-refractivity contribution in [3.63, 3.8) is 0 Å². The molecular weight excluding hydrogens is 498 g/mol. The van der Waals surface area contributed by atoms with Crippen molar-refractivity contribution in [1.29, 1.82) is 0 Å². The first-order valence-corrected chi connectivity index (χ1v) is 12.3. The number of carbonyl (C=O) groups is 2. The van der Waals surface area contributed by atoms with Gasteiger partial charge in [0.1, 0.15) is 18.2 Å². The Morgan fingerprint density at radius 1 is 1.22 bits per heavy atom. The standard InChI is InChI=1S/C23H30F2N4O6S/c1-14-11-17(24)16(18(25)12-14)13-34-20-19(35-23(32)33-2)21(36-28-20)27-22(31)26-7-5-15(30)6-10-29-8-3-4-9-29/h11-12,15,30H,3-10,13H2,1-2H3,(H2,26,27,31). The number of urea groups is 1. The molecule has 10 nitrogen and oxygen atoms in total. The molecule has 13 heteroatoms. The molecule has 3 rings (SSSR count). The number of benzene rings is 1. The number of aromatic nitrogens is 1. The van der Waals surface area contributed by atoms with Crippen molar-refractivity contribution in [1.82, 2.24) is 14.6 Å². The van der Waals surface area contributed by atoms with E-state index >= 15 is 0 Å². The number of methoxy groups -OCH3 is 1. The van der Waals surface area contributed by atoms with Gasteiger partial charge in [-0.2, -0.15) is 0 Å². The average Bonchev–Trinajstić information content (AvgIpc) is 3.47. The number of hydrogen-bond donors (Lipinski definition) is 3. The van der Waals surface area contributed by atoms with Crippen molar-refractivity contribution < 1.29 is 37.7 Å². The molecule has 2 amide bonds. The van der Waals surface area contributed by atoms with Gasteiger partial charge in [-0.25, -0.2) is 18.4 Å². The van der Waals surface area contributed by atoms with Gasteiger partial charge in [0, 0.05) is 13.1 Å². The minimum atomic E-state index is -1.10. The summed E-state index contributed by atoms with van der Waals surface area (Å²) in [6.07, 6.45) is 1.72. The summed E-state index contributed by atoms with van der Waals surface area (Å²) in [4.78, 5) is 26.3. The van der Waals surface area contributed by atoms with Crippen LogP contribution in [0, 0.1) is 18.6 Å². The number of hydrogen-bond acceptors (Lipinski definition) is 9. The second-order valence-electron chi connectivity index (χ2n) is 8.36. The van der Waals surface area contributed by atoms with Gasteiger partial charge in [0.25, 0.3) is 5.88 Å². The lowest BCUT2D eigenvalue weighted by Gasteiger charge is -2.17. The topological polar surface area (TPSA) is 122 Å². The van der Waals surface area contributed by atoms with Crippen molar-refractivity contribution in [2.24, 2.45) is 0 Å². The Morgan fingerprint density at radius 3 is 2.58 bits per heavy atom. The zero-order chi connectivity index (χ0) is 26.1. The Morgan fingerprint density at radius 2 is 1.92 bits per heavy atom. The Hall–Kier alpha value is -3.03. The quantitative estimate of drug-likeness (QED) is 0.377. The normalized spacial score (nSPS) is 14.4. The molecule has 36 heavy (non-hydrogen) atoms. The molecule has 0 spiro atoms. The first kappa shape index (κ1) is 27.6. The largest absolute Gasteiger partial charge is 0.513 e. The molecule has 198 valence electrons. The highest BCUT2D eigenvalue weighted by Gasteiger charge is 2.23. The maximum absolute atomic E-state index is 14.1. The highest BCUT2D eigenvalue weighted by atomic mass is 32.1. The number of carbonyl (C=O) groups excluding carboxylic acids is 2. The summed E-state index contributed by atoms with van der Waals surface area (Å²) in [7, 11) is 1.09. The third-order valence-electron chi connectivity index (χ3n) is 5.58. The third-order valence-corrected chi connectivity index (χ3v) is 6.31. The zero-order valence-corrected chi connectivity index (χ0v) is 21.0. The third kappa shape index (κ3) is 8.00. The van der Waals surface area contributed by atoms with Crippen LogP contribution >= 0.6 is 11.5 Å². The smallest absolute Gasteiger partial charge is 0.469 e. The highest BCUT2D eigenvalue weighted by molar-refractivity contribution is 7.11. The SMILES string of the molecule is COC(=O)Oc1c(OCc2c(F)cc(C)cc2F)nsc1NC(=O)NCCC(O)CCN1CCCC1. The van der Waals surface area contributed by atoms with Gasteiger partial charge in [-0.05, 0) is 74.9 Å². The van der Waals surface area contributed by atoms with Gasteiger partial charge in [-0.15, -0.1) is 4.37 Å². The van der Waals surface area contributed by atoms with Gasteiger partial charge >= 0.3 is 12.2 Å². The van der Waals surface area contributed by atoms with E-state index in [9.17, 15) is 23.5 Å². The molecule has 1 fully saturated rings. The van der Waals surface area contributed by atoms with Crippen molar-refractivity contribution in [2.75, 3.05) is 38.6 Å². The summed E-state index contributed by atoms with van der Waals surface area (Å²) < 4.78 is 47.2. The average molecular weight is 529 g/mol. The van der Waals surface area contributed by atoms with Crippen molar-refractivity contribution in [2.45, 2.75) is 45.3 Å². The van der Waals surface area contributed by atoms with Gasteiger partial charge in [-0.1, -0.05) is 0 Å². The van der Waals surface area contributed by atoms with E-state index in [0.29, 0.717) is 18.4 Å². The van der Waals surface area contributed by atoms with Crippen LogP contribution in [0.2, 0.25) is 0 Å². The van der Waals surface area contributed by atoms with Crippen LogP contribution in [0.5, 0.6) is 11.6 Å². The molecule has 1 aliphatic rings. The number of aliphatic hydroxyl groups is 1. The number of anilines is 1. The van der Waals surface area contributed by atoms with Crippen LogP contribution < -0.4 is 20.1 Å². The number of likely N-dealkylation sites (tertiary alicyclic amines) is 1. The summed E-state index contributed by atoms with van der Waals surface area (Å²) >= 11 is 0.743. The molecule has 2 aromatic rings. The monoisotopic (exact) mass is 528 g/mol. The summed E-state index contributed by atoms with van der Waals surface area (Å²) in [5.74, 6) is -2.10. The van der Waals surface area contributed by atoms with E-state index in [1.807, 2.05) is 0 Å². The summed E-state index contributed by atoms with van der Waals surface area (Å²) in [6, 6.07) is 1.70. The number of amides is 2. The number of aliphatic hydroxyl groups excluding tert-OH is 1. The van der Waals surface area contributed by atoms with Gasteiger partial charge in [0.2, 0.25) is 5.75 Å². The molecule has 1 aromatic heterocycles. The predicted octanol–water partition coefficient (Wildman–Crippen LogP) is 3.81. The van der Waals surface area contributed by atoms with E-state index in [-0.39, 0.29) is 28.7 Å². The van der Waals surface area contributed by atoms with E-state index in [1.54, 1.807) is 6.92 Å². The lowest BCUT2D eigenvalue weighted by atomic mass is 10.1. The molecule has 0 saturated carbocycles. The molecule has 1 saturated heterocycles. The maximum atomic E-state index is 14.1. The number of ether oxygens (including phenoxy) is 3. The first-order chi connectivity index (χ1) is 17.3. The number of nitrogens with one attached hydrogen (secondary N) is 2. The minimum Gasteiger partial charge on any atom is -0.469 e. The van der Waals surface area contributed by atoms with E-state index in [1.165, 1.54) is 12.8 Å². The minimum absolute atomic E-state index is 0.0207. The van der Waals surface area contributed by atoms with Crippen LogP contribution in [0.25, 0.3) is 0 Å². The lowest BCUT2D eigenvalue weighted by Crippen LogP contribution is -2.32. The van der Waals surface area contributed by atoms with E-state index in [2.05, 4.69) is 24.6 Å². The molecule has 0 bridgehead atoms. The van der Waals surface area contributed by atoms with Crippen LogP contribution in [0.4, 0.5) is 23.4 Å². The van der Waals surface area contributed by atoms with E-state index in [0.717, 1.165) is 50.4 Å². The lowest BCUT2D eigenvalue weighted by molar-refractivity contribution is 0.119. The van der Waals surface area contributed by atoms with Crippen molar-refractivity contribution in [3.8, 4) is 11.6 Å². The Bertz CT molecular complexity index is 1020.